The minimum atomic E-state index is 0.113. The number of hydrogen-bond acceptors (Lipinski definition) is 2. The lowest BCUT2D eigenvalue weighted by Crippen LogP contribution is -2.38. The van der Waals surface area contributed by atoms with Crippen molar-refractivity contribution >= 4 is 5.91 Å². The Balaban J connectivity index is 2.33. The van der Waals surface area contributed by atoms with Gasteiger partial charge >= 0.3 is 0 Å². The number of amides is 1. The Hall–Kier alpha value is -0.570. The zero-order valence-corrected chi connectivity index (χ0v) is 10.1. The van der Waals surface area contributed by atoms with E-state index < -0.39 is 0 Å². The number of carbonyl (C=O) groups excluding carboxylic acids is 1. The molecule has 3 atom stereocenters. The summed E-state index contributed by atoms with van der Waals surface area (Å²) in [5.41, 5.74) is 5.62. The van der Waals surface area contributed by atoms with Gasteiger partial charge in [-0.05, 0) is 37.6 Å². The molecule has 0 aliphatic heterocycles. The van der Waals surface area contributed by atoms with E-state index in [9.17, 15) is 4.79 Å². The summed E-state index contributed by atoms with van der Waals surface area (Å²) in [5.74, 6) is 1.34. The van der Waals surface area contributed by atoms with Gasteiger partial charge in [0.2, 0.25) is 5.91 Å². The molecule has 1 amide bonds. The lowest BCUT2D eigenvalue weighted by molar-refractivity contribution is -0.126. The molecule has 0 saturated heterocycles. The van der Waals surface area contributed by atoms with Gasteiger partial charge < -0.3 is 11.1 Å². The molecule has 0 aromatic heterocycles. The molecule has 3 N–H and O–H groups in total. The maximum atomic E-state index is 11.8. The molecule has 0 radical (unpaired) electrons. The summed E-state index contributed by atoms with van der Waals surface area (Å²) in [4.78, 5) is 11.8. The summed E-state index contributed by atoms with van der Waals surface area (Å²) >= 11 is 0. The van der Waals surface area contributed by atoms with Crippen LogP contribution in [0.3, 0.4) is 0 Å². The van der Waals surface area contributed by atoms with Gasteiger partial charge in [0.05, 0.1) is 0 Å². The fraction of sp³-hybridized carbons (Fsp3) is 0.917. The largest absolute Gasteiger partial charge is 0.353 e. The molecule has 0 bridgehead atoms. The summed E-state index contributed by atoms with van der Waals surface area (Å²) in [7, 11) is 0. The number of nitrogens with one attached hydrogen (secondary N) is 1. The van der Waals surface area contributed by atoms with Crippen molar-refractivity contribution in [2.45, 2.75) is 46.1 Å². The Kier molecular flexibility index (Phi) is 4.58. The predicted octanol–water partition coefficient (Wildman–Crippen LogP) is 1.52. The fourth-order valence-electron chi connectivity index (χ4n) is 2.06. The van der Waals surface area contributed by atoms with E-state index in [-0.39, 0.29) is 11.8 Å². The number of nitrogens with two attached hydrogens (primary N) is 1. The average molecular weight is 212 g/mol. The van der Waals surface area contributed by atoms with Crippen LogP contribution >= 0.6 is 0 Å². The van der Waals surface area contributed by atoms with E-state index >= 15 is 0 Å². The first-order valence-corrected chi connectivity index (χ1v) is 6.05. The molecule has 0 aromatic carbocycles. The molecule has 0 aromatic rings. The summed E-state index contributed by atoms with van der Waals surface area (Å²) in [6.07, 6.45) is 3.32. The van der Waals surface area contributed by atoms with Crippen LogP contribution < -0.4 is 11.1 Å². The maximum Gasteiger partial charge on any atom is 0.223 e. The molecule has 1 aliphatic rings. The highest BCUT2D eigenvalue weighted by Gasteiger charge is 2.26. The Morgan fingerprint density at radius 3 is 2.53 bits per heavy atom. The Labute approximate surface area is 92.8 Å². The van der Waals surface area contributed by atoms with E-state index in [0.29, 0.717) is 17.9 Å². The van der Waals surface area contributed by atoms with Gasteiger partial charge in [0.25, 0.3) is 0 Å². The van der Waals surface area contributed by atoms with Crippen molar-refractivity contribution in [2.75, 3.05) is 6.54 Å². The van der Waals surface area contributed by atoms with Crippen LogP contribution in [0.1, 0.15) is 40.0 Å². The molecule has 1 aliphatic carbocycles. The highest BCUT2D eigenvalue weighted by molar-refractivity contribution is 5.78. The van der Waals surface area contributed by atoms with E-state index in [0.717, 1.165) is 25.8 Å². The van der Waals surface area contributed by atoms with Gasteiger partial charge in [-0.1, -0.05) is 20.8 Å². The highest BCUT2D eigenvalue weighted by atomic mass is 16.1. The Morgan fingerprint density at radius 1 is 1.40 bits per heavy atom. The van der Waals surface area contributed by atoms with Crippen LogP contribution in [0.15, 0.2) is 0 Å². The predicted molar refractivity (Wildman–Crippen MR) is 62.3 cm³/mol. The first-order valence-electron chi connectivity index (χ1n) is 6.05. The second kappa shape index (κ2) is 5.50. The van der Waals surface area contributed by atoms with Gasteiger partial charge in [0.1, 0.15) is 0 Å². The molecule has 1 rings (SSSR count). The SMILES string of the molecule is CC(C)C(C)C(=O)N[C@@H]1CC[C@H](CN)C1. The topological polar surface area (TPSA) is 55.1 Å². The molecule has 3 heteroatoms. The summed E-state index contributed by atoms with van der Waals surface area (Å²) in [6, 6.07) is 0.368. The molecular weight excluding hydrogens is 188 g/mol. The standard InChI is InChI=1S/C12H24N2O/c1-8(2)9(3)12(15)14-11-5-4-10(6-11)7-13/h8-11H,4-7,13H2,1-3H3,(H,14,15)/t9?,10-,11+/m0/s1. The molecule has 1 fully saturated rings. The minimum absolute atomic E-state index is 0.113. The Bertz CT molecular complexity index is 216. The molecule has 15 heavy (non-hydrogen) atoms. The van der Waals surface area contributed by atoms with Crippen LogP contribution in [0.2, 0.25) is 0 Å². The summed E-state index contributed by atoms with van der Waals surface area (Å²) in [5, 5.41) is 3.13. The van der Waals surface area contributed by atoms with Gasteiger partial charge in [-0.3, -0.25) is 4.79 Å². The number of carbonyl (C=O) groups is 1. The first-order chi connectivity index (χ1) is 7.04. The molecule has 1 saturated carbocycles. The van der Waals surface area contributed by atoms with Gasteiger partial charge in [0, 0.05) is 12.0 Å². The maximum absolute atomic E-state index is 11.8. The highest BCUT2D eigenvalue weighted by Crippen LogP contribution is 2.25. The van der Waals surface area contributed by atoms with E-state index in [1.165, 1.54) is 0 Å². The molecule has 0 heterocycles. The van der Waals surface area contributed by atoms with Gasteiger partial charge in [-0.2, -0.15) is 0 Å². The summed E-state index contributed by atoms with van der Waals surface area (Å²) < 4.78 is 0. The summed E-state index contributed by atoms with van der Waals surface area (Å²) in [6.45, 7) is 6.92. The van der Waals surface area contributed by atoms with Crippen LogP contribution in [0, 0.1) is 17.8 Å². The normalized spacial score (nSPS) is 28.1. The second-order valence-corrected chi connectivity index (χ2v) is 5.15. The third-order valence-corrected chi connectivity index (χ3v) is 3.63. The van der Waals surface area contributed by atoms with E-state index in [1.54, 1.807) is 0 Å². The van der Waals surface area contributed by atoms with Crippen LogP contribution in [-0.4, -0.2) is 18.5 Å². The minimum Gasteiger partial charge on any atom is -0.353 e. The average Bonchev–Trinajstić information content (AvgIpc) is 2.64. The molecule has 3 nitrogen and oxygen atoms in total. The first kappa shape index (κ1) is 12.5. The molecular formula is C12H24N2O. The van der Waals surface area contributed by atoms with Crippen molar-refractivity contribution in [3.05, 3.63) is 0 Å². The number of rotatable bonds is 4. The van der Waals surface area contributed by atoms with E-state index in [4.69, 9.17) is 5.73 Å². The van der Waals surface area contributed by atoms with Gasteiger partial charge in [-0.15, -0.1) is 0 Å². The zero-order chi connectivity index (χ0) is 11.4. The van der Waals surface area contributed by atoms with Crippen molar-refractivity contribution in [1.82, 2.24) is 5.32 Å². The van der Waals surface area contributed by atoms with Crippen LogP contribution in [0.5, 0.6) is 0 Å². The fourth-order valence-corrected chi connectivity index (χ4v) is 2.06. The lowest BCUT2D eigenvalue weighted by atomic mass is 9.97. The van der Waals surface area contributed by atoms with Crippen molar-refractivity contribution in [3.63, 3.8) is 0 Å². The van der Waals surface area contributed by atoms with Crippen molar-refractivity contribution < 1.29 is 4.79 Å². The van der Waals surface area contributed by atoms with Crippen molar-refractivity contribution in [2.24, 2.45) is 23.5 Å². The third kappa shape index (κ3) is 3.49. The lowest BCUT2D eigenvalue weighted by Gasteiger charge is -2.19. The van der Waals surface area contributed by atoms with Crippen LogP contribution in [-0.2, 0) is 4.79 Å². The quantitative estimate of drug-likeness (QED) is 0.742. The number of hydrogen-bond donors (Lipinski definition) is 2. The van der Waals surface area contributed by atoms with Crippen LogP contribution in [0.25, 0.3) is 0 Å². The van der Waals surface area contributed by atoms with E-state index in [2.05, 4.69) is 19.2 Å². The van der Waals surface area contributed by atoms with Gasteiger partial charge in [0.15, 0.2) is 0 Å². The third-order valence-electron chi connectivity index (χ3n) is 3.63. The monoisotopic (exact) mass is 212 g/mol. The molecule has 88 valence electrons. The second-order valence-electron chi connectivity index (χ2n) is 5.15. The van der Waals surface area contributed by atoms with Crippen molar-refractivity contribution in [1.29, 1.82) is 0 Å². The molecule has 0 spiro atoms. The smallest absolute Gasteiger partial charge is 0.223 e. The molecule has 1 unspecified atom stereocenters. The van der Waals surface area contributed by atoms with Crippen LogP contribution in [0.4, 0.5) is 0 Å². The zero-order valence-electron chi connectivity index (χ0n) is 10.1. The Morgan fingerprint density at radius 2 is 2.07 bits per heavy atom. The van der Waals surface area contributed by atoms with E-state index in [1.807, 2.05) is 6.92 Å². The van der Waals surface area contributed by atoms with Gasteiger partial charge in [-0.25, -0.2) is 0 Å². The van der Waals surface area contributed by atoms with Crippen molar-refractivity contribution in [3.8, 4) is 0 Å².